The molecule has 0 aliphatic heterocycles. The summed E-state index contributed by atoms with van der Waals surface area (Å²) in [5, 5.41) is 0. The second kappa shape index (κ2) is 46.8. The molecule has 8 nitrogen and oxygen atoms in total. The molecule has 0 bridgehead atoms. The van der Waals surface area contributed by atoms with E-state index in [9.17, 15) is 9.59 Å². The predicted octanol–water partition coefficient (Wildman–Crippen LogP) is 35.7. The Morgan fingerprint density at radius 3 is 0.963 bits per heavy atom. The third kappa shape index (κ3) is 24.0. The van der Waals surface area contributed by atoms with Crippen LogP contribution in [0.25, 0.3) is 33.4 Å². The molecule has 0 fully saturated rings. The van der Waals surface area contributed by atoms with Crippen molar-refractivity contribution in [1.82, 2.24) is 0 Å². The lowest BCUT2D eigenvalue weighted by Crippen LogP contribution is -2.30. The zero-order valence-electron chi connectivity index (χ0n) is 85.7. The molecule has 0 aromatic heterocycles. The second-order valence-corrected chi connectivity index (χ2v) is 40.6. The van der Waals surface area contributed by atoms with E-state index in [1.807, 2.05) is 38.1 Å². The van der Waals surface area contributed by atoms with Gasteiger partial charge in [-0.3, -0.25) is 0 Å². The van der Waals surface area contributed by atoms with E-state index >= 15 is 0 Å². The van der Waals surface area contributed by atoms with Crippen LogP contribution >= 0.6 is 0 Å². The van der Waals surface area contributed by atoms with Gasteiger partial charge in [-0.2, -0.15) is 0 Å². The standard InChI is InChI=1S/C50H56N2.C45H54O6.C31H46/c1-33-16-22-43(23-17-33)51(47-35(3)29-41(30-36(47)4)49(7,8)9)44-24-18-39(19-25-44)40-20-26-45(27-21-40)52(46-15-13-14-34(2)28-46)48-37(5)31-42(32-38(48)6)50(10,11)12;1-7-11-13-15-25-50-41-23-19-33(29-37(41)43(46)48-9-3)45(39-27-31(5)17-21-35(39)36-22-18-32(6)28-40(36)45)34-20-24-42(51-26-16-14-12-8-2)38(30-34)44(47)49-10-4;1-5-7-9-11-13-15-21-31(22-16-14-12-10-8-6-2)29-23-25(3)17-19-27(29)28-20-18-26(4)24-30(28)31/h13-32H,1-12H3;17-24,27-30H,7-16,25-26H2,1-6H3;17-20,23-24H,5-16,21-22H2,1-4H3. The van der Waals surface area contributed by atoms with Crippen LogP contribution < -0.4 is 19.3 Å². The SMILES string of the molecule is CCCCCCCCC1(CCCCCCCC)c2cc(C)ccc2-c2ccc(C)cc21.CCCCCCOc1ccc(C2(c3ccc(OCCCCCC)c(C(=O)OCC)c3)c3cc(C)ccc3-c3ccc(C)cc32)cc1C(=O)OCC.Cc1ccc(N(c2ccc(-c3ccc(N(c4cccc(C)c4)c4c(C)cc(C(C)(C)C)cc4C)cc3)cc2)c2c(C)cc(C(C)(C)C)cc2C)cc1. The summed E-state index contributed by atoms with van der Waals surface area (Å²) >= 11 is 0. The Kier molecular flexibility index (Phi) is 35.6. The van der Waals surface area contributed by atoms with Gasteiger partial charge in [-0.1, -0.05) is 370 Å². The summed E-state index contributed by atoms with van der Waals surface area (Å²) in [6, 6.07) is 84.7. The number of fused-ring (bicyclic) bond motifs is 6. The van der Waals surface area contributed by atoms with E-state index in [0.717, 1.165) is 113 Å². The van der Waals surface area contributed by atoms with Gasteiger partial charge in [-0.05, 0) is 298 Å². The third-order valence-corrected chi connectivity index (χ3v) is 27.7. The van der Waals surface area contributed by atoms with Gasteiger partial charge in [0.2, 0.25) is 0 Å². The molecular weight excluding hydrogens is 1640 g/mol. The fraction of sp³-hybridized carbons (Fsp3) is 0.413. The van der Waals surface area contributed by atoms with Gasteiger partial charge in [0.05, 0.1) is 43.2 Å². The normalized spacial score (nSPS) is 12.6. The smallest absolute Gasteiger partial charge is 0.341 e. The van der Waals surface area contributed by atoms with Crippen LogP contribution in [0.5, 0.6) is 11.5 Å². The average molecular weight is 1790 g/mol. The van der Waals surface area contributed by atoms with E-state index < -0.39 is 17.4 Å². The van der Waals surface area contributed by atoms with E-state index in [0.29, 0.717) is 35.8 Å². The largest absolute Gasteiger partial charge is 0.493 e. The van der Waals surface area contributed by atoms with Gasteiger partial charge in [0.15, 0.2) is 0 Å². The number of rotatable bonds is 39. The number of esters is 2. The Hall–Kier alpha value is -11.2. The number of benzene rings is 12. The highest BCUT2D eigenvalue weighted by atomic mass is 16.5. The topological polar surface area (TPSA) is 77.5 Å². The molecule has 0 spiro atoms. The minimum absolute atomic E-state index is 0.0884. The lowest BCUT2D eigenvalue weighted by molar-refractivity contribution is 0.0511. The lowest BCUT2D eigenvalue weighted by atomic mass is 9.66. The minimum Gasteiger partial charge on any atom is -0.493 e. The molecule has 14 rings (SSSR count). The van der Waals surface area contributed by atoms with Crippen LogP contribution in [0.2, 0.25) is 0 Å². The zero-order valence-corrected chi connectivity index (χ0v) is 85.7. The van der Waals surface area contributed by atoms with Gasteiger partial charge in [0.25, 0.3) is 0 Å². The molecule has 0 heterocycles. The van der Waals surface area contributed by atoms with Crippen molar-refractivity contribution in [2.24, 2.45) is 0 Å². The molecule has 0 N–H and O–H groups in total. The lowest BCUT2D eigenvalue weighted by Gasteiger charge is -2.35. The van der Waals surface area contributed by atoms with E-state index in [2.05, 4.69) is 355 Å². The highest BCUT2D eigenvalue weighted by Crippen LogP contribution is 2.59. The van der Waals surface area contributed by atoms with Gasteiger partial charge < -0.3 is 28.7 Å². The molecule has 8 heteroatoms. The molecule has 0 unspecified atom stereocenters. The summed E-state index contributed by atoms with van der Waals surface area (Å²) in [6.07, 6.45) is 27.7. The molecular formula is C126H156N2O6. The number of nitrogens with zero attached hydrogens (tertiary/aromatic N) is 2. The molecule has 0 atom stereocenters. The summed E-state index contributed by atoms with van der Waals surface area (Å²) in [6.45, 7) is 49.9. The van der Waals surface area contributed by atoms with Crippen molar-refractivity contribution in [2.45, 2.75) is 315 Å². The molecule has 0 saturated heterocycles. The maximum absolute atomic E-state index is 13.7. The molecule has 2 aliphatic rings. The first kappa shape index (κ1) is 102. The van der Waals surface area contributed by atoms with Crippen molar-refractivity contribution in [3.63, 3.8) is 0 Å². The van der Waals surface area contributed by atoms with Crippen LogP contribution in [-0.4, -0.2) is 38.4 Å². The number of ether oxygens (including phenoxy) is 4. The minimum atomic E-state index is -0.884. The zero-order chi connectivity index (χ0) is 96.0. The first-order valence-corrected chi connectivity index (χ1v) is 50.9. The molecule has 134 heavy (non-hydrogen) atoms. The number of hydrogen-bond acceptors (Lipinski definition) is 8. The van der Waals surface area contributed by atoms with Gasteiger partial charge in [0.1, 0.15) is 22.6 Å². The van der Waals surface area contributed by atoms with E-state index in [1.165, 1.54) is 185 Å². The quantitative estimate of drug-likeness (QED) is 0.0279. The maximum Gasteiger partial charge on any atom is 0.341 e. The van der Waals surface area contributed by atoms with Crippen molar-refractivity contribution >= 4 is 46.1 Å². The third-order valence-electron chi connectivity index (χ3n) is 27.7. The number of anilines is 6. The second-order valence-electron chi connectivity index (χ2n) is 40.6. The fourth-order valence-electron chi connectivity index (χ4n) is 20.4. The number of carbonyl (C=O) groups excluding carboxylic acids is 2. The summed E-state index contributed by atoms with van der Waals surface area (Å²) in [5.41, 5.74) is 37.6. The average Bonchev–Trinajstić information content (AvgIpc) is 1.54. The van der Waals surface area contributed by atoms with Gasteiger partial charge >= 0.3 is 11.9 Å². The van der Waals surface area contributed by atoms with Crippen LogP contribution in [0.4, 0.5) is 34.1 Å². The molecule has 2 aliphatic carbocycles. The maximum atomic E-state index is 13.7. The Morgan fingerprint density at radius 1 is 0.299 bits per heavy atom. The van der Waals surface area contributed by atoms with Gasteiger partial charge in [0, 0.05) is 28.2 Å². The van der Waals surface area contributed by atoms with E-state index in [1.54, 1.807) is 11.1 Å². The Bertz CT molecular complexity index is 5680. The Morgan fingerprint density at radius 2 is 0.612 bits per heavy atom. The molecule has 12 aromatic rings. The molecule has 0 radical (unpaired) electrons. The number of carbonyl (C=O) groups is 2. The summed E-state index contributed by atoms with van der Waals surface area (Å²) in [4.78, 5) is 32.1. The van der Waals surface area contributed by atoms with Crippen LogP contribution in [0.3, 0.4) is 0 Å². The number of unbranched alkanes of at least 4 members (excludes halogenated alkanes) is 16. The van der Waals surface area contributed by atoms with Crippen LogP contribution in [0, 0.1) is 69.2 Å². The Labute approximate surface area is 807 Å². The first-order chi connectivity index (χ1) is 64.4. The number of hydrogen-bond donors (Lipinski definition) is 0. The molecule has 0 saturated carbocycles. The van der Waals surface area contributed by atoms with Crippen LogP contribution in [0.15, 0.2) is 231 Å². The number of aryl methyl sites for hydroxylation is 10. The summed E-state index contributed by atoms with van der Waals surface area (Å²) in [5.74, 6) is 0.165. The van der Waals surface area contributed by atoms with Gasteiger partial charge in [-0.15, -0.1) is 0 Å². The van der Waals surface area contributed by atoms with Crippen LogP contribution in [-0.2, 0) is 31.1 Å². The highest BCUT2D eigenvalue weighted by Gasteiger charge is 2.48. The van der Waals surface area contributed by atoms with E-state index in [4.69, 9.17) is 18.9 Å². The fourth-order valence-corrected chi connectivity index (χ4v) is 20.4. The van der Waals surface area contributed by atoms with Gasteiger partial charge in [-0.25, -0.2) is 9.59 Å². The Balaban J connectivity index is 0.000000187. The van der Waals surface area contributed by atoms with Crippen molar-refractivity contribution in [2.75, 3.05) is 36.2 Å². The molecule has 706 valence electrons. The van der Waals surface area contributed by atoms with Crippen molar-refractivity contribution in [1.29, 1.82) is 0 Å². The van der Waals surface area contributed by atoms with E-state index in [-0.39, 0.29) is 29.5 Å². The monoisotopic (exact) mass is 1790 g/mol. The van der Waals surface area contributed by atoms with Crippen molar-refractivity contribution < 1.29 is 28.5 Å². The summed E-state index contributed by atoms with van der Waals surface area (Å²) in [7, 11) is 0. The highest BCUT2D eigenvalue weighted by molar-refractivity contribution is 5.96. The van der Waals surface area contributed by atoms with Crippen LogP contribution in [0.1, 0.15) is 345 Å². The predicted molar refractivity (Wildman–Crippen MR) is 570 cm³/mol. The van der Waals surface area contributed by atoms with Crippen molar-refractivity contribution in [3.8, 4) is 44.9 Å². The summed E-state index contributed by atoms with van der Waals surface area (Å²) < 4.78 is 23.7. The van der Waals surface area contributed by atoms with Crippen molar-refractivity contribution in [3.05, 3.63) is 342 Å². The first-order valence-electron chi connectivity index (χ1n) is 50.9. The molecule has 0 amide bonds. The molecule has 12 aromatic carbocycles.